The van der Waals surface area contributed by atoms with E-state index in [-0.39, 0.29) is 24.8 Å². The molecule has 0 radical (unpaired) electrons. The quantitative estimate of drug-likeness (QED) is 0.224. The summed E-state index contributed by atoms with van der Waals surface area (Å²) in [6, 6.07) is 9.53. The Bertz CT molecular complexity index is 2190. The highest BCUT2D eigenvalue weighted by atomic mass is 35.5. The number of fused-ring (bicyclic) bond motifs is 1. The highest BCUT2D eigenvalue weighted by Crippen LogP contribution is 2.52. The van der Waals surface area contributed by atoms with E-state index in [9.17, 15) is 18.0 Å². The number of benzene rings is 2. The van der Waals surface area contributed by atoms with E-state index in [4.69, 9.17) is 21.1 Å². The van der Waals surface area contributed by atoms with Crippen LogP contribution < -0.4 is 19.5 Å². The molecule has 5 amide bonds. The lowest BCUT2D eigenvalue weighted by atomic mass is 9.85. The molecule has 2 heterocycles. The van der Waals surface area contributed by atoms with Crippen LogP contribution in [0.1, 0.15) is 63.7 Å². The summed E-state index contributed by atoms with van der Waals surface area (Å²) in [5, 5.41) is 4.33. The number of hydrogen-bond donors (Lipinski definition) is 2. The van der Waals surface area contributed by atoms with Crippen LogP contribution in [0, 0.1) is 11.3 Å². The number of carbonyl (C=O) groups is 4. The Balaban J connectivity index is 1.37. The van der Waals surface area contributed by atoms with Crippen LogP contribution in [0.25, 0.3) is 10.8 Å². The summed E-state index contributed by atoms with van der Waals surface area (Å²) in [5.74, 6) is -1.87. The molecular weight excluding hydrogens is 760 g/mol. The van der Waals surface area contributed by atoms with Crippen molar-refractivity contribution in [1.29, 1.82) is 0 Å². The molecule has 300 valence electrons. The number of hydrogen-bond acceptors (Lipinski definition) is 10. The first-order valence-electron chi connectivity index (χ1n) is 18.5. The molecule has 0 bridgehead atoms. The molecule has 5 atom stereocenters. The fourth-order valence-corrected chi connectivity index (χ4v) is 8.83. The fourth-order valence-electron chi connectivity index (χ4n) is 7.30. The van der Waals surface area contributed by atoms with E-state index < -0.39 is 68.2 Å². The number of imide groups is 1. The number of carbonyl (C=O) groups excluding carboxylic acids is 4. The van der Waals surface area contributed by atoms with Crippen LogP contribution in [0.15, 0.2) is 61.3 Å². The summed E-state index contributed by atoms with van der Waals surface area (Å²) in [6.45, 7) is 11.1. The van der Waals surface area contributed by atoms with Gasteiger partial charge in [0.05, 0.1) is 25.1 Å². The van der Waals surface area contributed by atoms with Crippen LogP contribution in [0.4, 0.5) is 10.5 Å². The van der Waals surface area contributed by atoms with Crippen molar-refractivity contribution in [3.8, 4) is 11.6 Å². The van der Waals surface area contributed by atoms with Gasteiger partial charge in [0.15, 0.2) is 0 Å². The van der Waals surface area contributed by atoms with E-state index in [2.05, 4.69) is 21.6 Å². The first kappa shape index (κ1) is 40.8. The van der Waals surface area contributed by atoms with Gasteiger partial charge in [-0.05, 0) is 68.0 Å². The summed E-state index contributed by atoms with van der Waals surface area (Å²) in [5.41, 5.74) is -1.93. The van der Waals surface area contributed by atoms with Crippen LogP contribution in [0.2, 0.25) is 5.02 Å². The average Bonchev–Trinajstić information content (AvgIpc) is 4.07. The Morgan fingerprint density at radius 2 is 1.82 bits per heavy atom. The number of likely N-dealkylation sites (tertiary alicyclic amines) is 1. The smallest absolute Gasteiger partial charge is 0.328 e. The first-order valence-corrected chi connectivity index (χ1v) is 20.4. The zero-order valence-electron chi connectivity index (χ0n) is 32.7. The number of rotatable bonds is 12. The van der Waals surface area contributed by atoms with Gasteiger partial charge in [-0.3, -0.25) is 19.1 Å². The Kier molecular flexibility index (Phi) is 11.1. The second kappa shape index (κ2) is 15.2. The number of pyridine rings is 1. The topological polar surface area (TPSA) is 168 Å². The van der Waals surface area contributed by atoms with Crippen molar-refractivity contribution in [2.45, 2.75) is 82.4 Å². The summed E-state index contributed by atoms with van der Waals surface area (Å²) in [7, 11) is 0.745. The summed E-state index contributed by atoms with van der Waals surface area (Å²) < 4.78 is 40.4. The normalized spacial score (nSPS) is 22.5. The Hall–Kier alpha value is -4.89. The third kappa shape index (κ3) is 7.88. The van der Waals surface area contributed by atoms with Crippen molar-refractivity contribution in [1.82, 2.24) is 24.4 Å². The summed E-state index contributed by atoms with van der Waals surface area (Å²) in [6.07, 6.45) is 3.59. The van der Waals surface area contributed by atoms with Gasteiger partial charge in [-0.1, -0.05) is 44.5 Å². The lowest BCUT2D eigenvalue weighted by Crippen LogP contribution is -2.64. The van der Waals surface area contributed by atoms with Gasteiger partial charge < -0.3 is 24.6 Å². The number of halogens is 1. The minimum atomic E-state index is -4.06. The van der Waals surface area contributed by atoms with Gasteiger partial charge in [0.25, 0.3) is 17.7 Å². The largest absolute Gasteiger partial charge is 0.494 e. The van der Waals surface area contributed by atoms with Gasteiger partial charge in [0.2, 0.25) is 15.9 Å². The number of sulfonamides is 1. The molecule has 2 aromatic carbocycles. The van der Waals surface area contributed by atoms with Crippen molar-refractivity contribution < 1.29 is 37.1 Å². The number of aromatic nitrogens is 1. The Morgan fingerprint density at radius 3 is 2.43 bits per heavy atom. The number of urea groups is 1. The SMILES string of the molecule is C=C[C@@H]1C[C@@]1(C(=O)NS(=O)(=O)C1CC1)N(C(=O)[C@@H](Nc1cccc(C(=O)N(C)C)c1)C(C)(C)C)C(=O)N1C[C@H](Oc2ncc(OC)c3ccc(Cl)cc23)CC1C. The van der Waals surface area contributed by atoms with Crippen LogP contribution in [0.3, 0.4) is 0 Å². The third-order valence-corrected chi connectivity index (χ3v) is 12.7. The van der Waals surface area contributed by atoms with E-state index in [1.54, 1.807) is 62.8 Å². The predicted octanol–water partition coefficient (Wildman–Crippen LogP) is 5.47. The lowest BCUT2D eigenvalue weighted by molar-refractivity contribution is -0.141. The highest BCUT2D eigenvalue weighted by Gasteiger charge is 2.68. The van der Waals surface area contributed by atoms with Crippen LogP contribution in [0.5, 0.6) is 11.6 Å². The monoisotopic (exact) mass is 808 g/mol. The zero-order chi connectivity index (χ0) is 40.9. The molecular formula is C40H49ClN6O8S. The van der Waals surface area contributed by atoms with Crippen molar-refractivity contribution in [2.75, 3.05) is 33.1 Å². The standard InChI is InChI=1S/C40H49ClN6O8S/c1-9-25-20-40(25,37(50)44-56(52,53)29-14-15-29)47(36(49)33(39(3,4)5)43-27-12-10-11-24(18-27)35(48)45(6)7)38(51)46-22-28(17-23(46)2)55-34-31-19-26(41)13-16-30(31)32(54-8)21-42-34/h9-13,16,18-19,21,23,25,28-29,33,43H,1,14-15,17,20,22H2,2-8H3,(H,44,50)/t23?,25-,28-,33-,40-/m1/s1. The van der Waals surface area contributed by atoms with Crippen molar-refractivity contribution in [3.63, 3.8) is 0 Å². The molecule has 6 rings (SSSR count). The second-order valence-corrected chi connectivity index (χ2v) is 18.5. The number of methoxy groups -OCH3 is 1. The molecule has 14 nitrogen and oxygen atoms in total. The van der Waals surface area contributed by atoms with E-state index in [1.165, 1.54) is 23.0 Å². The number of nitrogens with one attached hydrogen (secondary N) is 2. The minimum absolute atomic E-state index is 0.0195. The van der Waals surface area contributed by atoms with Crippen LogP contribution in [-0.2, 0) is 19.6 Å². The number of ether oxygens (including phenoxy) is 2. The maximum absolute atomic E-state index is 15.2. The van der Waals surface area contributed by atoms with Gasteiger partial charge in [-0.2, -0.15) is 0 Å². The predicted molar refractivity (Wildman–Crippen MR) is 213 cm³/mol. The number of amides is 5. The van der Waals surface area contributed by atoms with Crippen LogP contribution >= 0.6 is 11.6 Å². The van der Waals surface area contributed by atoms with Crippen molar-refractivity contribution in [3.05, 3.63) is 71.9 Å². The highest BCUT2D eigenvalue weighted by molar-refractivity contribution is 7.91. The number of nitrogens with zero attached hydrogens (tertiary/aromatic N) is 4. The average molecular weight is 809 g/mol. The van der Waals surface area contributed by atoms with Gasteiger partial charge in [-0.15, -0.1) is 6.58 Å². The molecule has 16 heteroatoms. The minimum Gasteiger partial charge on any atom is -0.494 e. The van der Waals surface area contributed by atoms with Gasteiger partial charge in [0, 0.05) is 59.5 Å². The number of anilines is 1. The van der Waals surface area contributed by atoms with Gasteiger partial charge in [-0.25, -0.2) is 23.1 Å². The lowest BCUT2D eigenvalue weighted by Gasteiger charge is -2.40. The van der Waals surface area contributed by atoms with Gasteiger partial charge in [0.1, 0.15) is 23.4 Å². The molecule has 56 heavy (non-hydrogen) atoms. The van der Waals surface area contributed by atoms with Crippen LogP contribution in [-0.4, -0.2) is 109 Å². The molecule has 0 spiro atoms. The third-order valence-electron chi connectivity index (χ3n) is 10.7. The molecule has 2 saturated carbocycles. The molecule has 2 aliphatic carbocycles. The molecule has 3 aromatic rings. The first-order chi connectivity index (χ1) is 26.3. The molecule has 1 aromatic heterocycles. The molecule has 1 unspecified atom stereocenters. The summed E-state index contributed by atoms with van der Waals surface area (Å²) in [4.78, 5) is 65.8. The van der Waals surface area contributed by atoms with Crippen molar-refractivity contribution in [2.24, 2.45) is 11.3 Å². The molecule has 1 saturated heterocycles. The molecule has 1 aliphatic heterocycles. The second-order valence-electron chi connectivity index (χ2n) is 16.1. The summed E-state index contributed by atoms with van der Waals surface area (Å²) >= 11 is 6.34. The van der Waals surface area contributed by atoms with Gasteiger partial charge >= 0.3 is 6.03 Å². The van der Waals surface area contributed by atoms with E-state index in [1.807, 2.05) is 27.7 Å². The maximum atomic E-state index is 15.2. The van der Waals surface area contributed by atoms with E-state index in [0.717, 1.165) is 10.3 Å². The molecule has 3 aliphatic rings. The maximum Gasteiger partial charge on any atom is 0.328 e. The van der Waals surface area contributed by atoms with E-state index >= 15 is 9.59 Å². The van der Waals surface area contributed by atoms with Crippen molar-refractivity contribution >= 4 is 61.8 Å². The Labute approximate surface area is 332 Å². The Morgan fingerprint density at radius 1 is 1.11 bits per heavy atom. The fraction of sp³-hybridized carbons (Fsp3) is 0.475. The zero-order valence-corrected chi connectivity index (χ0v) is 34.2. The van der Waals surface area contributed by atoms with E-state index in [0.29, 0.717) is 46.7 Å². The molecule has 2 N–H and O–H groups in total. The molecule has 3 fully saturated rings.